The van der Waals surface area contributed by atoms with E-state index < -0.39 is 0 Å². The average Bonchev–Trinajstić information content (AvgIpc) is 2.89. The topological polar surface area (TPSA) is 53.4 Å². The number of hydrogen-bond acceptors (Lipinski definition) is 5. The van der Waals surface area contributed by atoms with E-state index in [1.165, 1.54) is 22.7 Å². The van der Waals surface area contributed by atoms with Gasteiger partial charge in [-0.25, -0.2) is 0 Å². The van der Waals surface area contributed by atoms with Gasteiger partial charge in [0.25, 0.3) is 5.91 Å². The normalized spacial score (nSPS) is 16.2. The van der Waals surface area contributed by atoms with Crippen LogP contribution in [0, 0.1) is 0 Å². The molecule has 1 saturated heterocycles. The lowest BCUT2D eigenvalue weighted by molar-refractivity contribution is -0.113. The maximum Gasteiger partial charge on any atom is 0.270 e. The van der Waals surface area contributed by atoms with Crippen LogP contribution in [0.15, 0.2) is 65.7 Å². The minimum absolute atomic E-state index is 0.0932. The molecule has 4 rings (SSSR count). The third-order valence-corrected chi connectivity index (χ3v) is 5.15. The zero-order chi connectivity index (χ0) is 17.4. The number of hydrogen-bond donors (Lipinski definition) is 1. The van der Waals surface area contributed by atoms with Crippen molar-refractivity contribution in [2.45, 2.75) is 0 Å². The molecule has 6 heteroatoms. The monoisotopic (exact) mass is 364 g/mol. The van der Waals surface area contributed by atoms with E-state index in [0.29, 0.717) is 14.9 Å². The number of thiocarbonyl (C=S) groups is 1. The molecule has 1 aliphatic heterocycles. The fourth-order valence-electron chi connectivity index (χ4n) is 2.71. The Kier molecular flexibility index (Phi) is 3.99. The van der Waals surface area contributed by atoms with Crippen LogP contribution in [-0.4, -0.2) is 20.3 Å². The second kappa shape index (κ2) is 6.31. The Balaban J connectivity index is 1.75. The highest BCUT2D eigenvalue weighted by atomic mass is 32.2. The molecule has 0 bridgehead atoms. The number of anilines is 1. The van der Waals surface area contributed by atoms with E-state index in [-0.39, 0.29) is 11.7 Å². The SMILES string of the molecule is O=C1C(=Cc2ccnc3ccccc23)SC(=S)N1c1cccc(O)c1. The number of aromatic hydroxyl groups is 1. The van der Waals surface area contributed by atoms with Crippen LogP contribution < -0.4 is 4.90 Å². The van der Waals surface area contributed by atoms with Crippen molar-refractivity contribution < 1.29 is 9.90 Å². The van der Waals surface area contributed by atoms with Crippen molar-refractivity contribution in [3.8, 4) is 5.75 Å². The van der Waals surface area contributed by atoms with Crippen LogP contribution in [0.25, 0.3) is 17.0 Å². The molecule has 3 aromatic rings. The van der Waals surface area contributed by atoms with Gasteiger partial charge in [-0.15, -0.1) is 0 Å². The molecule has 0 atom stereocenters. The van der Waals surface area contributed by atoms with E-state index in [0.717, 1.165) is 16.5 Å². The molecule has 122 valence electrons. The molecule has 0 saturated carbocycles. The summed E-state index contributed by atoms with van der Waals surface area (Å²) in [5, 5.41) is 10.6. The predicted octanol–water partition coefficient (Wildman–Crippen LogP) is 4.35. The molecular weight excluding hydrogens is 352 g/mol. The minimum atomic E-state index is -0.193. The number of benzene rings is 2. The first-order valence-corrected chi connectivity index (χ1v) is 8.77. The Morgan fingerprint density at radius 3 is 2.80 bits per heavy atom. The van der Waals surface area contributed by atoms with Gasteiger partial charge in [0.1, 0.15) is 5.75 Å². The van der Waals surface area contributed by atoms with Crippen molar-refractivity contribution in [3.63, 3.8) is 0 Å². The van der Waals surface area contributed by atoms with Crippen LogP contribution in [0.4, 0.5) is 5.69 Å². The number of nitrogens with zero attached hydrogens (tertiary/aromatic N) is 2. The summed E-state index contributed by atoms with van der Waals surface area (Å²) in [6.45, 7) is 0. The van der Waals surface area contributed by atoms with Gasteiger partial charge >= 0.3 is 0 Å². The van der Waals surface area contributed by atoms with Gasteiger partial charge < -0.3 is 5.11 Å². The highest BCUT2D eigenvalue weighted by Crippen LogP contribution is 2.37. The molecule has 2 aromatic carbocycles. The molecule has 4 nitrogen and oxygen atoms in total. The molecule has 25 heavy (non-hydrogen) atoms. The zero-order valence-electron chi connectivity index (χ0n) is 12.9. The quantitative estimate of drug-likeness (QED) is 0.541. The smallest absolute Gasteiger partial charge is 0.270 e. The highest BCUT2D eigenvalue weighted by Gasteiger charge is 2.33. The van der Waals surface area contributed by atoms with E-state index in [2.05, 4.69) is 4.98 Å². The van der Waals surface area contributed by atoms with Gasteiger partial charge in [-0.2, -0.15) is 0 Å². The molecule has 1 fully saturated rings. The highest BCUT2D eigenvalue weighted by molar-refractivity contribution is 8.27. The zero-order valence-corrected chi connectivity index (χ0v) is 14.6. The van der Waals surface area contributed by atoms with Crippen molar-refractivity contribution in [2.75, 3.05) is 4.90 Å². The molecule has 0 unspecified atom stereocenters. The van der Waals surface area contributed by atoms with E-state index in [9.17, 15) is 9.90 Å². The van der Waals surface area contributed by atoms with E-state index in [1.54, 1.807) is 24.4 Å². The van der Waals surface area contributed by atoms with Crippen molar-refractivity contribution in [3.05, 3.63) is 71.3 Å². The number of phenols is 1. The van der Waals surface area contributed by atoms with Gasteiger partial charge in [-0.1, -0.05) is 48.2 Å². The molecule has 0 radical (unpaired) electrons. The number of carbonyl (C=O) groups excluding carboxylic acids is 1. The van der Waals surface area contributed by atoms with Crippen LogP contribution in [0.1, 0.15) is 5.56 Å². The summed E-state index contributed by atoms with van der Waals surface area (Å²) in [4.78, 5) is 19.1. The number of para-hydroxylation sites is 1. The maximum absolute atomic E-state index is 12.8. The number of rotatable bonds is 2. The number of amides is 1. The number of fused-ring (bicyclic) bond motifs is 1. The number of thioether (sulfide) groups is 1. The predicted molar refractivity (Wildman–Crippen MR) is 106 cm³/mol. The Morgan fingerprint density at radius 2 is 1.96 bits per heavy atom. The number of aromatic nitrogens is 1. The molecule has 1 amide bonds. The van der Waals surface area contributed by atoms with Gasteiger partial charge in [-0.3, -0.25) is 14.7 Å². The van der Waals surface area contributed by atoms with Gasteiger partial charge in [0, 0.05) is 17.6 Å². The van der Waals surface area contributed by atoms with Crippen LogP contribution in [0.5, 0.6) is 5.75 Å². The summed E-state index contributed by atoms with van der Waals surface area (Å²) in [6, 6.07) is 16.2. The van der Waals surface area contributed by atoms with Crippen LogP contribution in [0.2, 0.25) is 0 Å². The van der Waals surface area contributed by atoms with Gasteiger partial charge in [0.2, 0.25) is 0 Å². The van der Waals surface area contributed by atoms with Crippen molar-refractivity contribution in [1.82, 2.24) is 4.98 Å². The van der Waals surface area contributed by atoms with Crippen LogP contribution in [-0.2, 0) is 4.79 Å². The molecule has 0 aliphatic carbocycles. The van der Waals surface area contributed by atoms with Crippen LogP contribution in [0.3, 0.4) is 0 Å². The summed E-state index contributed by atoms with van der Waals surface area (Å²) < 4.78 is 0.445. The van der Waals surface area contributed by atoms with E-state index >= 15 is 0 Å². The summed E-state index contributed by atoms with van der Waals surface area (Å²) >= 11 is 6.62. The standard InChI is InChI=1S/C19H12N2O2S2/c22-14-5-3-4-13(11-14)21-18(23)17(25-19(21)24)10-12-8-9-20-16-7-2-1-6-15(12)16/h1-11,22H. The van der Waals surface area contributed by atoms with Gasteiger partial charge in [0.05, 0.1) is 16.1 Å². The largest absolute Gasteiger partial charge is 0.508 e. The Morgan fingerprint density at radius 1 is 1.12 bits per heavy atom. The van der Waals surface area contributed by atoms with E-state index in [1.807, 2.05) is 36.4 Å². The van der Waals surface area contributed by atoms with Gasteiger partial charge in [0.15, 0.2) is 4.32 Å². The minimum Gasteiger partial charge on any atom is -0.508 e. The van der Waals surface area contributed by atoms with Gasteiger partial charge in [-0.05, 0) is 35.9 Å². The third-order valence-electron chi connectivity index (χ3n) is 3.85. The fraction of sp³-hybridized carbons (Fsp3) is 0. The first-order chi connectivity index (χ1) is 12.1. The number of pyridine rings is 1. The first-order valence-electron chi connectivity index (χ1n) is 7.54. The maximum atomic E-state index is 12.8. The summed E-state index contributed by atoms with van der Waals surface area (Å²) in [6.07, 6.45) is 3.57. The molecule has 0 spiro atoms. The van der Waals surface area contributed by atoms with Crippen molar-refractivity contribution in [2.24, 2.45) is 0 Å². The van der Waals surface area contributed by atoms with Crippen molar-refractivity contribution in [1.29, 1.82) is 0 Å². The van der Waals surface area contributed by atoms with E-state index in [4.69, 9.17) is 12.2 Å². The third kappa shape index (κ3) is 2.90. The first kappa shape index (κ1) is 15.8. The Hall–Kier alpha value is -2.70. The molecule has 2 heterocycles. The van der Waals surface area contributed by atoms with Crippen LogP contribution >= 0.6 is 24.0 Å². The summed E-state index contributed by atoms with van der Waals surface area (Å²) in [7, 11) is 0. The molecule has 1 N–H and O–H groups in total. The number of carbonyl (C=O) groups is 1. The number of phenolic OH excluding ortho intramolecular Hbond substituents is 1. The second-order valence-corrected chi connectivity index (χ2v) is 7.13. The summed E-state index contributed by atoms with van der Waals surface area (Å²) in [5.74, 6) is -0.0999. The summed E-state index contributed by atoms with van der Waals surface area (Å²) in [5.41, 5.74) is 2.35. The molecular formula is C19H12N2O2S2. The molecule has 1 aromatic heterocycles. The lowest BCUT2D eigenvalue weighted by atomic mass is 10.1. The second-order valence-electron chi connectivity index (χ2n) is 5.45. The lowest BCUT2D eigenvalue weighted by Crippen LogP contribution is -2.27. The fourth-order valence-corrected chi connectivity index (χ4v) is 4.00. The lowest BCUT2D eigenvalue weighted by Gasteiger charge is -2.14. The Bertz CT molecular complexity index is 1040. The average molecular weight is 364 g/mol. The van der Waals surface area contributed by atoms with Crippen molar-refractivity contribution >= 4 is 56.9 Å². The molecule has 1 aliphatic rings. The Labute approximate surface area is 153 Å².